The van der Waals surface area contributed by atoms with Crippen molar-refractivity contribution in [1.82, 2.24) is 0 Å². The Bertz CT molecular complexity index is 466. The maximum absolute atomic E-state index is 5.99. The van der Waals surface area contributed by atoms with E-state index in [1.54, 1.807) is 6.07 Å². The van der Waals surface area contributed by atoms with Gasteiger partial charge in [-0.1, -0.05) is 35.3 Å². The highest BCUT2D eigenvalue weighted by molar-refractivity contribution is 6.37. The van der Waals surface area contributed by atoms with Crippen molar-refractivity contribution < 1.29 is 0 Å². The molecule has 2 N–H and O–H groups in total. The second-order valence-electron chi connectivity index (χ2n) is 2.83. The SMILES string of the molecule is Nc1cc(Cl)cc2cccc(Cl)c12. The van der Waals surface area contributed by atoms with Crippen LogP contribution < -0.4 is 5.73 Å². The highest BCUT2D eigenvalue weighted by Gasteiger charge is 2.03. The fourth-order valence-corrected chi connectivity index (χ4v) is 1.90. The van der Waals surface area contributed by atoms with Crippen LogP contribution in [0.15, 0.2) is 30.3 Å². The number of fused-ring (bicyclic) bond motifs is 1. The molecule has 0 aliphatic rings. The Kier molecular flexibility index (Phi) is 2.06. The molecule has 13 heavy (non-hydrogen) atoms. The van der Waals surface area contributed by atoms with Crippen molar-refractivity contribution in [3.8, 4) is 0 Å². The zero-order chi connectivity index (χ0) is 9.42. The molecule has 66 valence electrons. The van der Waals surface area contributed by atoms with E-state index in [2.05, 4.69) is 0 Å². The summed E-state index contributed by atoms with van der Waals surface area (Å²) in [5, 5.41) is 3.13. The minimum absolute atomic E-state index is 0.619. The van der Waals surface area contributed by atoms with E-state index >= 15 is 0 Å². The Morgan fingerprint density at radius 2 is 1.85 bits per heavy atom. The van der Waals surface area contributed by atoms with Gasteiger partial charge in [0.2, 0.25) is 0 Å². The predicted octanol–water partition coefficient (Wildman–Crippen LogP) is 3.73. The molecule has 0 aromatic heterocycles. The molecule has 0 heterocycles. The number of hydrogen-bond donors (Lipinski definition) is 1. The third-order valence-electron chi connectivity index (χ3n) is 1.92. The Balaban J connectivity index is 2.94. The van der Waals surface area contributed by atoms with Crippen LogP contribution in [0.4, 0.5) is 5.69 Å². The monoisotopic (exact) mass is 211 g/mol. The number of halogens is 2. The average Bonchev–Trinajstić information content (AvgIpc) is 2.02. The molecule has 0 saturated carbocycles. The van der Waals surface area contributed by atoms with E-state index in [1.807, 2.05) is 24.3 Å². The second-order valence-corrected chi connectivity index (χ2v) is 3.68. The number of nitrogens with two attached hydrogens (primary N) is 1. The van der Waals surface area contributed by atoms with Gasteiger partial charge in [0, 0.05) is 16.1 Å². The first-order valence-electron chi connectivity index (χ1n) is 3.82. The Morgan fingerprint density at radius 3 is 2.62 bits per heavy atom. The summed E-state index contributed by atoms with van der Waals surface area (Å²) >= 11 is 11.8. The smallest absolute Gasteiger partial charge is 0.0505 e. The molecule has 2 rings (SSSR count). The molecule has 0 radical (unpaired) electrons. The predicted molar refractivity (Wildman–Crippen MR) is 58.4 cm³/mol. The minimum atomic E-state index is 0.619. The van der Waals surface area contributed by atoms with E-state index in [9.17, 15) is 0 Å². The number of anilines is 1. The van der Waals surface area contributed by atoms with Crippen molar-refractivity contribution in [3.63, 3.8) is 0 Å². The number of hydrogen-bond acceptors (Lipinski definition) is 1. The molecule has 0 saturated heterocycles. The normalized spacial score (nSPS) is 10.6. The van der Waals surface area contributed by atoms with Gasteiger partial charge in [0.1, 0.15) is 0 Å². The molecular formula is C10H7Cl2N. The lowest BCUT2D eigenvalue weighted by Crippen LogP contribution is -1.87. The van der Waals surface area contributed by atoms with Gasteiger partial charge in [0.25, 0.3) is 0 Å². The second kappa shape index (κ2) is 3.09. The minimum Gasteiger partial charge on any atom is -0.398 e. The Morgan fingerprint density at radius 1 is 1.08 bits per heavy atom. The van der Waals surface area contributed by atoms with Crippen LogP contribution >= 0.6 is 23.2 Å². The highest BCUT2D eigenvalue weighted by atomic mass is 35.5. The lowest BCUT2D eigenvalue weighted by atomic mass is 10.1. The summed E-state index contributed by atoms with van der Waals surface area (Å²) in [4.78, 5) is 0. The fraction of sp³-hybridized carbons (Fsp3) is 0. The van der Waals surface area contributed by atoms with Gasteiger partial charge in [-0.15, -0.1) is 0 Å². The maximum Gasteiger partial charge on any atom is 0.0505 e. The van der Waals surface area contributed by atoms with Crippen molar-refractivity contribution in [2.45, 2.75) is 0 Å². The summed E-state index contributed by atoms with van der Waals surface area (Å²) in [5.74, 6) is 0. The van der Waals surface area contributed by atoms with E-state index < -0.39 is 0 Å². The summed E-state index contributed by atoms with van der Waals surface area (Å²) in [6, 6.07) is 9.17. The van der Waals surface area contributed by atoms with Crippen molar-refractivity contribution in [1.29, 1.82) is 0 Å². The first-order valence-corrected chi connectivity index (χ1v) is 4.57. The van der Waals surface area contributed by atoms with Crippen LogP contribution in [0.3, 0.4) is 0 Å². The van der Waals surface area contributed by atoms with E-state index in [0.29, 0.717) is 15.7 Å². The Hall–Kier alpha value is -0.920. The number of rotatable bonds is 0. The van der Waals surface area contributed by atoms with Crippen LogP contribution in [0, 0.1) is 0 Å². The summed E-state index contributed by atoms with van der Waals surface area (Å²) in [6.45, 7) is 0. The van der Waals surface area contributed by atoms with Gasteiger partial charge in [-0.2, -0.15) is 0 Å². The van der Waals surface area contributed by atoms with Gasteiger partial charge in [0.05, 0.1) is 5.02 Å². The molecule has 3 heteroatoms. The molecule has 0 bridgehead atoms. The van der Waals surface area contributed by atoms with Crippen molar-refractivity contribution in [2.24, 2.45) is 0 Å². The van der Waals surface area contributed by atoms with Crippen LogP contribution in [-0.4, -0.2) is 0 Å². The molecular weight excluding hydrogens is 205 g/mol. The molecule has 0 atom stereocenters. The van der Waals surface area contributed by atoms with Crippen LogP contribution in [0.5, 0.6) is 0 Å². The summed E-state index contributed by atoms with van der Waals surface area (Å²) in [5.41, 5.74) is 6.41. The molecule has 0 aliphatic carbocycles. The fourth-order valence-electron chi connectivity index (χ4n) is 1.38. The van der Waals surface area contributed by atoms with E-state index in [1.165, 1.54) is 0 Å². The van der Waals surface area contributed by atoms with Gasteiger partial charge >= 0.3 is 0 Å². The summed E-state index contributed by atoms with van der Waals surface area (Å²) < 4.78 is 0. The lowest BCUT2D eigenvalue weighted by Gasteiger charge is -2.04. The molecule has 0 unspecified atom stereocenters. The van der Waals surface area contributed by atoms with Gasteiger partial charge in [0.15, 0.2) is 0 Å². The zero-order valence-corrected chi connectivity index (χ0v) is 8.23. The first-order chi connectivity index (χ1) is 6.18. The average molecular weight is 212 g/mol. The standard InChI is InChI=1S/C10H7Cl2N/c11-7-4-6-2-1-3-8(12)10(6)9(13)5-7/h1-5H,13H2. The summed E-state index contributed by atoms with van der Waals surface area (Å²) in [7, 11) is 0. The number of nitrogen functional groups attached to an aromatic ring is 1. The molecule has 0 spiro atoms. The maximum atomic E-state index is 5.99. The van der Waals surface area contributed by atoms with E-state index in [0.717, 1.165) is 10.8 Å². The van der Waals surface area contributed by atoms with E-state index in [4.69, 9.17) is 28.9 Å². The first kappa shape index (κ1) is 8.67. The molecule has 0 aliphatic heterocycles. The third-order valence-corrected chi connectivity index (χ3v) is 2.45. The molecule has 1 nitrogen and oxygen atoms in total. The van der Waals surface area contributed by atoms with Crippen LogP contribution in [0.2, 0.25) is 10.0 Å². The lowest BCUT2D eigenvalue weighted by molar-refractivity contribution is 1.72. The molecule has 0 amide bonds. The topological polar surface area (TPSA) is 26.0 Å². The summed E-state index contributed by atoms with van der Waals surface area (Å²) in [6.07, 6.45) is 0. The van der Waals surface area contributed by atoms with Crippen LogP contribution in [-0.2, 0) is 0 Å². The third kappa shape index (κ3) is 1.45. The van der Waals surface area contributed by atoms with E-state index in [-0.39, 0.29) is 0 Å². The van der Waals surface area contributed by atoms with Crippen molar-refractivity contribution in [2.75, 3.05) is 5.73 Å². The zero-order valence-electron chi connectivity index (χ0n) is 6.72. The van der Waals surface area contributed by atoms with Crippen LogP contribution in [0.25, 0.3) is 10.8 Å². The van der Waals surface area contributed by atoms with Crippen LogP contribution in [0.1, 0.15) is 0 Å². The quantitative estimate of drug-likeness (QED) is 0.661. The number of benzene rings is 2. The van der Waals surface area contributed by atoms with Gasteiger partial charge in [-0.05, 0) is 23.6 Å². The largest absolute Gasteiger partial charge is 0.398 e. The molecule has 2 aromatic rings. The van der Waals surface area contributed by atoms with Gasteiger partial charge in [-0.3, -0.25) is 0 Å². The van der Waals surface area contributed by atoms with Gasteiger partial charge < -0.3 is 5.73 Å². The molecule has 2 aromatic carbocycles. The highest BCUT2D eigenvalue weighted by Crippen LogP contribution is 2.31. The van der Waals surface area contributed by atoms with Crippen molar-refractivity contribution in [3.05, 3.63) is 40.4 Å². The Labute approximate surface area is 86.1 Å². The molecule has 0 fully saturated rings. The van der Waals surface area contributed by atoms with Crippen molar-refractivity contribution >= 4 is 39.7 Å². The van der Waals surface area contributed by atoms with Gasteiger partial charge in [-0.25, -0.2) is 0 Å².